The Balaban J connectivity index is 1.63. The molecule has 0 saturated carbocycles. The molecule has 0 spiro atoms. The van der Waals surface area contributed by atoms with Crippen LogP contribution in [0.15, 0.2) is 67.0 Å². The first-order chi connectivity index (χ1) is 13.5. The summed E-state index contributed by atoms with van der Waals surface area (Å²) in [6.45, 7) is 5.95. The number of carbonyl (C=O) groups is 1. The largest absolute Gasteiger partial charge is 0.480 e. The van der Waals surface area contributed by atoms with Crippen LogP contribution in [0, 0.1) is 13.8 Å². The number of hydrogen-bond acceptors (Lipinski definition) is 3. The fraction of sp³-hybridized carbons (Fsp3) is 0.250. The van der Waals surface area contributed by atoms with Gasteiger partial charge < -0.3 is 10.1 Å². The minimum atomic E-state index is -0.531. The first-order valence-corrected chi connectivity index (χ1v) is 9.57. The number of anilines is 1. The number of benzene rings is 2. The molecule has 1 N–H and O–H groups in total. The maximum Gasteiger partial charge on any atom is 0.265 e. The summed E-state index contributed by atoms with van der Waals surface area (Å²) in [5, 5.41) is 2.96. The second-order valence-electron chi connectivity index (χ2n) is 7.00. The molecule has 3 aromatic rings. The first-order valence-electron chi connectivity index (χ1n) is 9.57. The highest BCUT2D eigenvalue weighted by Crippen LogP contribution is 2.22. The first kappa shape index (κ1) is 19.6. The Morgan fingerprint density at radius 1 is 1.00 bits per heavy atom. The minimum Gasteiger partial charge on any atom is -0.480 e. The summed E-state index contributed by atoms with van der Waals surface area (Å²) < 4.78 is 5.99. The van der Waals surface area contributed by atoms with Crippen molar-refractivity contribution in [2.24, 2.45) is 0 Å². The molecular formula is C24H26N2O2. The van der Waals surface area contributed by atoms with Gasteiger partial charge in [0.05, 0.1) is 0 Å². The molecule has 144 valence electrons. The lowest BCUT2D eigenvalue weighted by Crippen LogP contribution is -2.32. The molecule has 1 amide bonds. The van der Waals surface area contributed by atoms with Gasteiger partial charge >= 0.3 is 0 Å². The fourth-order valence-electron chi connectivity index (χ4n) is 2.97. The van der Waals surface area contributed by atoms with Crippen LogP contribution in [-0.2, 0) is 11.2 Å². The summed E-state index contributed by atoms with van der Waals surface area (Å²) >= 11 is 0. The summed E-state index contributed by atoms with van der Waals surface area (Å²) in [6.07, 6.45) is 4.50. The third-order valence-corrected chi connectivity index (χ3v) is 4.66. The maximum atomic E-state index is 12.7. The van der Waals surface area contributed by atoms with Gasteiger partial charge in [-0.05, 0) is 79.3 Å². The number of rotatable bonds is 7. The summed E-state index contributed by atoms with van der Waals surface area (Å²) in [7, 11) is 0. The average Bonchev–Trinajstić information content (AvgIpc) is 2.70. The maximum absolute atomic E-state index is 12.7. The lowest BCUT2D eigenvalue weighted by Gasteiger charge is -2.19. The lowest BCUT2D eigenvalue weighted by atomic mass is 10.1. The number of aryl methyl sites for hydroxylation is 2. The zero-order valence-electron chi connectivity index (χ0n) is 16.6. The number of carbonyl (C=O) groups excluding carboxylic acids is 1. The molecule has 1 aromatic heterocycles. The van der Waals surface area contributed by atoms with Gasteiger partial charge in [0.15, 0.2) is 6.10 Å². The molecule has 0 saturated heterocycles. The molecule has 0 aliphatic carbocycles. The smallest absolute Gasteiger partial charge is 0.265 e. The Kier molecular flexibility index (Phi) is 6.43. The van der Waals surface area contributed by atoms with Crippen LogP contribution in [0.1, 0.15) is 35.6 Å². The Morgan fingerprint density at radius 3 is 2.36 bits per heavy atom. The van der Waals surface area contributed by atoms with Crippen molar-refractivity contribution in [3.8, 4) is 5.75 Å². The van der Waals surface area contributed by atoms with Gasteiger partial charge in [0.2, 0.25) is 0 Å². The van der Waals surface area contributed by atoms with E-state index >= 15 is 0 Å². The Labute approximate surface area is 166 Å². The van der Waals surface area contributed by atoms with Crippen LogP contribution in [0.4, 0.5) is 5.69 Å². The van der Waals surface area contributed by atoms with Crippen LogP contribution >= 0.6 is 0 Å². The minimum absolute atomic E-state index is 0.134. The zero-order valence-corrected chi connectivity index (χ0v) is 16.6. The number of pyridine rings is 1. The van der Waals surface area contributed by atoms with Crippen LogP contribution in [0.5, 0.6) is 5.75 Å². The van der Waals surface area contributed by atoms with E-state index in [1.807, 2.05) is 75.4 Å². The number of nitrogens with one attached hydrogen (secondary N) is 1. The fourth-order valence-corrected chi connectivity index (χ4v) is 2.97. The summed E-state index contributed by atoms with van der Waals surface area (Å²) in [6, 6.07) is 18.0. The van der Waals surface area contributed by atoms with Crippen molar-refractivity contribution in [2.45, 2.75) is 39.7 Å². The molecule has 0 bridgehead atoms. The van der Waals surface area contributed by atoms with E-state index in [1.54, 1.807) is 12.4 Å². The van der Waals surface area contributed by atoms with E-state index in [0.29, 0.717) is 6.42 Å². The quantitative estimate of drug-likeness (QED) is 0.627. The van der Waals surface area contributed by atoms with Crippen molar-refractivity contribution < 1.29 is 9.53 Å². The summed E-state index contributed by atoms with van der Waals surface area (Å²) in [5.41, 5.74) is 5.30. The van der Waals surface area contributed by atoms with Gasteiger partial charge in [-0.3, -0.25) is 9.78 Å². The predicted octanol–water partition coefficient (Wildman–Crippen LogP) is 5.09. The molecule has 4 nitrogen and oxygen atoms in total. The van der Waals surface area contributed by atoms with Gasteiger partial charge in [0.25, 0.3) is 5.91 Å². The summed E-state index contributed by atoms with van der Waals surface area (Å²) in [4.78, 5) is 16.7. The second-order valence-corrected chi connectivity index (χ2v) is 7.00. The van der Waals surface area contributed by atoms with Crippen molar-refractivity contribution in [3.05, 3.63) is 89.2 Å². The third kappa shape index (κ3) is 5.19. The van der Waals surface area contributed by atoms with Crippen LogP contribution in [0.3, 0.4) is 0 Å². The standard InChI is InChI=1S/C24H26N2O2/c1-4-22(28-23-15-17(2)5-6-18(23)3)24(27)26-21-9-7-19(8-10-21)16-20-11-13-25-14-12-20/h5-15,22H,4,16H2,1-3H3,(H,26,27)/t22-/m1/s1. The summed E-state index contributed by atoms with van der Waals surface area (Å²) in [5.74, 6) is 0.625. The molecule has 3 rings (SSSR count). The number of nitrogens with zero attached hydrogens (tertiary/aromatic N) is 1. The molecule has 1 heterocycles. The second kappa shape index (κ2) is 9.18. The molecular weight excluding hydrogens is 348 g/mol. The van der Waals surface area contributed by atoms with E-state index < -0.39 is 6.10 Å². The lowest BCUT2D eigenvalue weighted by molar-refractivity contribution is -0.122. The highest BCUT2D eigenvalue weighted by atomic mass is 16.5. The van der Waals surface area contributed by atoms with Crippen LogP contribution in [0.2, 0.25) is 0 Å². The van der Waals surface area contributed by atoms with Gasteiger partial charge in [-0.2, -0.15) is 0 Å². The molecule has 0 aliphatic heterocycles. The SMILES string of the molecule is CC[C@@H](Oc1cc(C)ccc1C)C(=O)Nc1ccc(Cc2ccncc2)cc1. The number of hydrogen-bond donors (Lipinski definition) is 1. The molecule has 1 atom stereocenters. The molecule has 0 aliphatic rings. The molecule has 28 heavy (non-hydrogen) atoms. The van der Waals surface area contributed by atoms with E-state index in [1.165, 1.54) is 11.1 Å². The van der Waals surface area contributed by atoms with Crippen molar-refractivity contribution in [3.63, 3.8) is 0 Å². The van der Waals surface area contributed by atoms with Crippen LogP contribution in [0.25, 0.3) is 0 Å². The molecule has 2 aromatic carbocycles. The van der Waals surface area contributed by atoms with Gasteiger partial charge in [-0.25, -0.2) is 0 Å². The van der Waals surface area contributed by atoms with Gasteiger partial charge in [-0.1, -0.05) is 31.2 Å². The number of aromatic nitrogens is 1. The van der Waals surface area contributed by atoms with Crippen LogP contribution in [-0.4, -0.2) is 17.0 Å². The van der Waals surface area contributed by atoms with E-state index in [0.717, 1.165) is 29.0 Å². The van der Waals surface area contributed by atoms with Crippen molar-refractivity contribution in [2.75, 3.05) is 5.32 Å². The molecule has 4 heteroatoms. The highest BCUT2D eigenvalue weighted by molar-refractivity contribution is 5.94. The van der Waals surface area contributed by atoms with Gasteiger partial charge in [-0.15, -0.1) is 0 Å². The molecule has 0 radical (unpaired) electrons. The Bertz CT molecular complexity index is 921. The van der Waals surface area contributed by atoms with Gasteiger partial charge in [0.1, 0.15) is 5.75 Å². The highest BCUT2D eigenvalue weighted by Gasteiger charge is 2.19. The average molecular weight is 374 g/mol. The molecule has 0 unspecified atom stereocenters. The predicted molar refractivity (Wildman–Crippen MR) is 113 cm³/mol. The van der Waals surface area contributed by atoms with Crippen molar-refractivity contribution >= 4 is 11.6 Å². The van der Waals surface area contributed by atoms with Crippen molar-refractivity contribution in [1.29, 1.82) is 0 Å². The zero-order chi connectivity index (χ0) is 19.9. The Hall–Kier alpha value is -3.14. The van der Waals surface area contributed by atoms with E-state index in [2.05, 4.69) is 10.3 Å². The third-order valence-electron chi connectivity index (χ3n) is 4.66. The number of ether oxygens (including phenoxy) is 1. The molecule has 0 fully saturated rings. The van der Waals surface area contributed by atoms with E-state index in [9.17, 15) is 4.79 Å². The monoisotopic (exact) mass is 374 g/mol. The van der Waals surface area contributed by atoms with E-state index in [-0.39, 0.29) is 5.91 Å². The normalized spacial score (nSPS) is 11.7. The van der Waals surface area contributed by atoms with E-state index in [4.69, 9.17) is 4.74 Å². The topological polar surface area (TPSA) is 51.2 Å². The van der Waals surface area contributed by atoms with Crippen LogP contribution < -0.4 is 10.1 Å². The van der Waals surface area contributed by atoms with Crippen molar-refractivity contribution in [1.82, 2.24) is 4.98 Å². The Morgan fingerprint density at radius 2 is 1.68 bits per heavy atom. The van der Waals surface area contributed by atoms with Gasteiger partial charge in [0, 0.05) is 18.1 Å². The number of amides is 1.